The first-order chi connectivity index (χ1) is 7.16. The van der Waals surface area contributed by atoms with Gasteiger partial charge in [0.1, 0.15) is 4.70 Å². The number of fused-ring (bicyclic) bond motifs is 1. The van der Waals surface area contributed by atoms with E-state index in [1.165, 1.54) is 18.4 Å². The Labute approximate surface area is 95.2 Å². The lowest BCUT2D eigenvalue weighted by Gasteiger charge is -2.07. The molecule has 2 heterocycles. The summed E-state index contributed by atoms with van der Waals surface area (Å²) in [6.07, 6.45) is 0. The molecule has 0 saturated heterocycles. The van der Waals surface area contributed by atoms with Crippen molar-refractivity contribution < 1.29 is 0 Å². The minimum atomic E-state index is -0.278. The van der Waals surface area contributed by atoms with Gasteiger partial charge in [0.15, 0.2) is 0 Å². The molecule has 80 valence electrons. The highest BCUT2D eigenvalue weighted by molar-refractivity contribution is 7.80. The lowest BCUT2D eigenvalue weighted by Crippen LogP contribution is -2.37. The molecule has 0 amide bonds. The molecule has 0 radical (unpaired) electrons. The van der Waals surface area contributed by atoms with Crippen molar-refractivity contribution in [2.75, 3.05) is 5.75 Å². The maximum Gasteiger partial charge on any atom is 0.331 e. The van der Waals surface area contributed by atoms with Crippen LogP contribution in [0.1, 0.15) is 0 Å². The molecular formula is C9H10N2O2S2. The summed E-state index contributed by atoms with van der Waals surface area (Å²) in [6.45, 7) is 0.517. The van der Waals surface area contributed by atoms with Crippen LogP contribution in [0.15, 0.2) is 21.0 Å². The van der Waals surface area contributed by atoms with Crippen LogP contribution in [-0.4, -0.2) is 14.9 Å². The molecular weight excluding hydrogens is 232 g/mol. The van der Waals surface area contributed by atoms with E-state index in [1.54, 1.807) is 10.6 Å². The second kappa shape index (κ2) is 3.86. The standard InChI is InChI=1S/C9H10N2O2S2/c1-10-8(12)7-6(2-5-15-7)11(3-4-14)9(10)13/h2,5,14H,3-4H2,1H3. The number of hydrogen-bond acceptors (Lipinski definition) is 4. The monoisotopic (exact) mass is 242 g/mol. The highest BCUT2D eigenvalue weighted by Gasteiger charge is 2.10. The Morgan fingerprint density at radius 2 is 2.20 bits per heavy atom. The molecule has 2 aromatic rings. The average molecular weight is 242 g/mol. The van der Waals surface area contributed by atoms with Crippen molar-refractivity contribution in [1.29, 1.82) is 0 Å². The minimum Gasteiger partial charge on any atom is -0.291 e. The van der Waals surface area contributed by atoms with Crippen LogP contribution >= 0.6 is 24.0 Å². The molecule has 6 heteroatoms. The van der Waals surface area contributed by atoms with Crippen molar-refractivity contribution in [3.63, 3.8) is 0 Å². The fourth-order valence-electron chi connectivity index (χ4n) is 1.51. The Balaban J connectivity index is 2.95. The van der Waals surface area contributed by atoms with Crippen molar-refractivity contribution >= 4 is 34.2 Å². The first-order valence-corrected chi connectivity index (χ1v) is 5.96. The topological polar surface area (TPSA) is 44.0 Å². The Morgan fingerprint density at radius 1 is 1.47 bits per heavy atom. The molecule has 0 fully saturated rings. The van der Waals surface area contributed by atoms with E-state index < -0.39 is 0 Å². The van der Waals surface area contributed by atoms with Gasteiger partial charge in [-0.05, 0) is 11.4 Å². The van der Waals surface area contributed by atoms with Crippen LogP contribution in [0.5, 0.6) is 0 Å². The molecule has 2 rings (SSSR count). The maximum absolute atomic E-state index is 11.8. The number of thiophene rings is 1. The molecule has 15 heavy (non-hydrogen) atoms. The molecule has 0 bridgehead atoms. The molecule has 0 aliphatic heterocycles. The van der Waals surface area contributed by atoms with Crippen LogP contribution in [0.4, 0.5) is 0 Å². The lowest BCUT2D eigenvalue weighted by molar-refractivity contribution is 0.664. The van der Waals surface area contributed by atoms with Gasteiger partial charge in [-0.3, -0.25) is 13.9 Å². The van der Waals surface area contributed by atoms with Crippen LogP contribution < -0.4 is 11.2 Å². The smallest absolute Gasteiger partial charge is 0.291 e. The van der Waals surface area contributed by atoms with Crippen LogP contribution in [0.3, 0.4) is 0 Å². The van der Waals surface area contributed by atoms with Crippen molar-refractivity contribution in [2.45, 2.75) is 6.54 Å². The number of hydrogen-bond donors (Lipinski definition) is 1. The third-order valence-corrected chi connectivity index (χ3v) is 3.37. The summed E-state index contributed by atoms with van der Waals surface area (Å²) in [5, 5.41) is 1.82. The van der Waals surface area contributed by atoms with Crippen molar-refractivity contribution in [1.82, 2.24) is 9.13 Å². The number of aromatic nitrogens is 2. The van der Waals surface area contributed by atoms with Crippen LogP contribution in [-0.2, 0) is 13.6 Å². The van der Waals surface area contributed by atoms with Gasteiger partial charge in [0.05, 0.1) is 5.52 Å². The summed E-state index contributed by atoms with van der Waals surface area (Å²) in [4.78, 5) is 23.5. The fourth-order valence-corrected chi connectivity index (χ4v) is 2.58. The summed E-state index contributed by atoms with van der Waals surface area (Å²) in [5.74, 6) is 0.572. The summed E-state index contributed by atoms with van der Waals surface area (Å²) in [6, 6.07) is 1.80. The number of thiol groups is 1. The van der Waals surface area contributed by atoms with Gasteiger partial charge in [0.2, 0.25) is 0 Å². The second-order valence-corrected chi connectivity index (χ2v) is 4.52. The molecule has 0 aliphatic carbocycles. The van der Waals surface area contributed by atoms with Gasteiger partial charge < -0.3 is 0 Å². The number of nitrogens with zero attached hydrogens (tertiary/aromatic N) is 2. The van der Waals surface area contributed by atoms with Gasteiger partial charge in [-0.2, -0.15) is 12.6 Å². The van der Waals surface area contributed by atoms with E-state index in [1.807, 2.05) is 5.38 Å². The van der Waals surface area contributed by atoms with Crippen molar-refractivity contribution in [3.8, 4) is 0 Å². The van der Waals surface area contributed by atoms with E-state index >= 15 is 0 Å². The van der Waals surface area contributed by atoms with Gasteiger partial charge in [-0.1, -0.05) is 0 Å². The quantitative estimate of drug-likeness (QED) is 0.788. The first kappa shape index (κ1) is 10.5. The largest absolute Gasteiger partial charge is 0.331 e. The molecule has 0 unspecified atom stereocenters. The van der Waals surface area contributed by atoms with E-state index in [9.17, 15) is 9.59 Å². The SMILES string of the molecule is Cn1c(=O)c2sccc2n(CCS)c1=O. The third kappa shape index (κ3) is 1.53. The molecule has 0 saturated carbocycles. The Kier molecular flexibility index (Phi) is 2.70. The molecule has 0 atom stereocenters. The zero-order valence-electron chi connectivity index (χ0n) is 8.14. The van der Waals surface area contributed by atoms with Gasteiger partial charge in [-0.25, -0.2) is 4.79 Å². The summed E-state index contributed by atoms with van der Waals surface area (Å²) >= 11 is 5.46. The van der Waals surface area contributed by atoms with E-state index in [4.69, 9.17) is 0 Å². The van der Waals surface area contributed by atoms with Crippen LogP contribution in [0.25, 0.3) is 10.2 Å². The molecule has 0 aliphatic rings. The molecule has 0 spiro atoms. The highest BCUT2D eigenvalue weighted by Crippen LogP contribution is 2.14. The Bertz CT molecular complexity index is 609. The summed E-state index contributed by atoms with van der Waals surface area (Å²) < 4.78 is 3.35. The average Bonchev–Trinajstić information content (AvgIpc) is 2.70. The van der Waals surface area contributed by atoms with E-state index in [-0.39, 0.29) is 11.2 Å². The molecule has 0 N–H and O–H groups in total. The highest BCUT2D eigenvalue weighted by atomic mass is 32.1. The van der Waals surface area contributed by atoms with E-state index in [2.05, 4.69) is 12.6 Å². The van der Waals surface area contributed by atoms with Crippen molar-refractivity contribution in [3.05, 3.63) is 32.3 Å². The zero-order chi connectivity index (χ0) is 11.0. The predicted molar refractivity (Wildman–Crippen MR) is 65.2 cm³/mol. The van der Waals surface area contributed by atoms with Gasteiger partial charge in [0.25, 0.3) is 5.56 Å². The van der Waals surface area contributed by atoms with Gasteiger partial charge >= 0.3 is 5.69 Å². The maximum atomic E-state index is 11.8. The lowest BCUT2D eigenvalue weighted by atomic mass is 10.4. The molecule has 2 aromatic heterocycles. The molecule has 4 nitrogen and oxygen atoms in total. The predicted octanol–water partition coefficient (Wildman–Crippen LogP) is 0.691. The Morgan fingerprint density at radius 3 is 2.87 bits per heavy atom. The summed E-state index contributed by atoms with van der Waals surface area (Å²) in [7, 11) is 1.50. The first-order valence-electron chi connectivity index (χ1n) is 4.44. The zero-order valence-corrected chi connectivity index (χ0v) is 9.85. The van der Waals surface area contributed by atoms with Crippen molar-refractivity contribution in [2.24, 2.45) is 7.05 Å². The number of aryl methyl sites for hydroxylation is 1. The Hall–Kier alpha value is -1.01. The summed E-state index contributed by atoms with van der Waals surface area (Å²) in [5.41, 5.74) is 0.211. The number of rotatable bonds is 2. The van der Waals surface area contributed by atoms with Gasteiger partial charge in [0, 0.05) is 19.3 Å². The normalized spacial score (nSPS) is 11.1. The van der Waals surface area contributed by atoms with E-state index in [0.29, 0.717) is 22.5 Å². The van der Waals surface area contributed by atoms with Crippen LogP contribution in [0.2, 0.25) is 0 Å². The fraction of sp³-hybridized carbons (Fsp3) is 0.333. The van der Waals surface area contributed by atoms with Gasteiger partial charge in [-0.15, -0.1) is 11.3 Å². The van der Waals surface area contributed by atoms with Crippen LogP contribution in [0, 0.1) is 0 Å². The molecule has 0 aromatic carbocycles. The third-order valence-electron chi connectivity index (χ3n) is 2.28. The van der Waals surface area contributed by atoms with E-state index in [0.717, 1.165) is 4.57 Å². The minimum absolute atomic E-state index is 0.222. The second-order valence-electron chi connectivity index (χ2n) is 3.16.